The van der Waals surface area contributed by atoms with Crippen LogP contribution in [0.3, 0.4) is 0 Å². The minimum Gasteiger partial charge on any atom is -0.258 e. The molecule has 0 fully saturated rings. The van der Waals surface area contributed by atoms with Crippen LogP contribution in [0.15, 0.2) is 24.3 Å². The Morgan fingerprint density at radius 1 is 1.32 bits per heavy atom. The molecular formula is C10H8ClN4O4+. The van der Waals surface area contributed by atoms with Crippen LogP contribution < -0.4 is 0 Å². The van der Waals surface area contributed by atoms with Gasteiger partial charge < -0.3 is 0 Å². The fourth-order valence-electron chi connectivity index (χ4n) is 1.59. The van der Waals surface area contributed by atoms with E-state index < -0.39 is 4.92 Å². The summed E-state index contributed by atoms with van der Waals surface area (Å²) in [7, 11) is 0. The number of hydrogen-bond acceptors (Lipinski definition) is 4. The summed E-state index contributed by atoms with van der Waals surface area (Å²) >= 11 is 5.90. The maximum absolute atomic E-state index is 10.8. The third-order valence-electron chi connectivity index (χ3n) is 2.47. The van der Waals surface area contributed by atoms with E-state index in [0.717, 1.165) is 0 Å². The Labute approximate surface area is 111 Å². The summed E-state index contributed by atoms with van der Waals surface area (Å²) in [5.74, 6) is 0. The number of nitro groups is 1. The zero-order valence-corrected chi connectivity index (χ0v) is 10.4. The van der Waals surface area contributed by atoms with Crippen LogP contribution in [0.5, 0.6) is 0 Å². The predicted octanol–water partition coefficient (Wildman–Crippen LogP) is 2.54. The predicted molar refractivity (Wildman–Crippen MR) is 65.0 cm³/mol. The first-order valence-corrected chi connectivity index (χ1v) is 5.45. The van der Waals surface area contributed by atoms with E-state index in [9.17, 15) is 15.0 Å². The van der Waals surface area contributed by atoms with Crippen LogP contribution in [0.2, 0.25) is 5.15 Å². The van der Waals surface area contributed by atoms with Gasteiger partial charge in [0.05, 0.1) is 15.5 Å². The lowest BCUT2D eigenvalue weighted by atomic mass is 10.3. The van der Waals surface area contributed by atoms with Crippen molar-refractivity contribution in [2.24, 2.45) is 0 Å². The molecule has 19 heavy (non-hydrogen) atoms. The number of rotatable bonds is 3. The molecule has 0 saturated heterocycles. The van der Waals surface area contributed by atoms with Gasteiger partial charge in [-0.05, 0) is 19.1 Å². The summed E-state index contributed by atoms with van der Waals surface area (Å²) in [5, 5.41) is 23.4. The van der Waals surface area contributed by atoms with Crippen LogP contribution in [0.4, 0.5) is 11.4 Å². The number of benzene rings is 1. The van der Waals surface area contributed by atoms with E-state index in [2.05, 4.69) is 5.10 Å². The van der Waals surface area contributed by atoms with E-state index in [1.807, 2.05) is 0 Å². The second-order valence-electron chi connectivity index (χ2n) is 3.68. The second kappa shape index (κ2) is 4.65. The normalized spacial score (nSPS) is 10.4. The van der Waals surface area contributed by atoms with Gasteiger partial charge in [0.2, 0.25) is 5.15 Å². The minimum atomic E-state index is -0.608. The van der Waals surface area contributed by atoms with Crippen LogP contribution in [0.25, 0.3) is 5.69 Å². The number of halogens is 1. The molecule has 0 unspecified atom stereocenters. The van der Waals surface area contributed by atoms with E-state index in [1.165, 1.54) is 35.9 Å². The molecule has 1 aromatic heterocycles. The van der Waals surface area contributed by atoms with Crippen molar-refractivity contribution in [3.05, 3.63) is 50.1 Å². The fourth-order valence-corrected chi connectivity index (χ4v) is 1.93. The van der Waals surface area contributed by atoms with Gasteiger partial charge in [0.25, 0.3) is 4.92 Å². The Kier molecular flexibility index (Phi) is 3.17. The van der Waals surface area contributed by atoms with Crippen molar-refractivity contribution in [2.75, 3.05) is 0 Å². The molecule has 0 atom stereocenters. The zero-order chi connectivity index (χ0) is 14.2. The summed E-state index contributed by atoms with van der Waals surface area (Å²) in [4.78, 5) is 20.6. The Hall–Kier alpha value is -2.48. The first-order chi connectivity index (χ1) is 8.91. The second-order valence-corrected chi connectivity index (χ2v) is 4.04. The number of aryl methyl sites for hydroxylation is 1. The summed E-state index contributed by atoms with van der Waals surface area (Å²) < 4.78 is 1.19. The lowest BCUT2D eigenvalue weighted by Crippen LogP contribution is -1.98. The summed E-state index contributed by atoms with van der Waals surface area (Å²) in [6, 6.07) is 5.58. The van der Waals surface area contributed by atoms with Crippen LogP contribution in [0, 0.1) is 21.9 Å². The van der Waals surface area contributed by atoms with Gasteiger partial charge in [-0.2, -0.15) is 5.10 Å². The van der Waals surface area contributed by atoms with E-state index in [-0.39, 0.29) is 27.1 Å². The average molecular weight is 284 g/mol. The molecule has 0 radical (unpaired) electrons. The average Bonchev–Trinajstić information content (AvgIpc) is 2.65. The number of hydrogen-bond donors (Lipinski definition) is 1. The topological polar surface area (TPSA) is 101 Å². The van der Waals surface area contributed by atoms with Crippen molar-refractivity contribution in [2.45, 2.75) is 6.92 Å². The molecule has 9 heteroatoms. The van der Waals surface area contributed by atoms with Gasteiger partial charge in [0.15, 0.2) is 0 Å². The molecule has 0 saturated carbocycles. The van der Waals surface area contributed by atoms with E-state index >= 15 is 0 Å². The van der Waals surface area contributed by atoms with Gasteiger partial charge in [-0.3, -0.25) is 10.1 Å². The van der Waals surface area contributed by atoms with Gasteiger partial charge in [0, 0.05) is 12.1 Å². The molecule has 98 valence electrons. The fraction of sp³-hybridized carbons (Fsp3) is 0.100. The van der Waals surface area contributed by atoms with Crippen LogP contribution >= 0.6 is 11.6 Å². The van der Waals surface area contributed by atoms with Crippen molar-refractivity contribution in [3.63, 3.8) is 0 Å². The van der Waals surface area contributed by atoms with Crippen LogP contribution in [-0.4, -0.2) is 24.8 Å². The molecule has 2 aromatic rings. The number of nitrogens with zero attached hydrogens (tertiary/aromatic N) is 4. The quantitative estimate of drug-likeness (QED) is 0.689. The SMILES string of the molecule is Cc1nn(-c2ccc([N+](=O)O)cc2)c(Cl)c1[N+](=O)[O-]. The molecule has 2 rings (SSSR count). The first-order valence-electron chi connectivity index (χ1n) is 5.08. The molecule has 0 amide bonds. The molecule has 0 spiro atoms. The highest BCUT2D eigenvalue weighted by molar-refractivity contribution is 6.32. The molecule has 0 aliphatic rings. The van der Waals surface area contributed by atoms with Crippen LogP contribution in [0.1, 0.15) is 5.69 Å². The largest absolute Gasteiger partial charge is 0.329 e. The van der Waals surface area contributed by atoms with Gasteiger partial charge in [-0.15, -0.1) is 0 Å². The maximum atomic E-state index is 10.8. The minimum absolute atomic E-state index is 0.0262. The van der Waals surface area contributed by atoms with Gasteiger partial charge in [-0.25, -0.2) is 9.89 Å². The van der Waals surface area contributed by atoms with Gasteiger partial charge in [0.1, 0.15) is 5.69 Å². The third-order valence-corrected chi connectivity index (χ3v) is 2.81. The zero-order valence-electron chi connectivity index (χ0n) is 9.65. The summed E-state index contributed by atoms with van der Waals surface area (Å²) in [6.07, 6.45) is 0. The lowest BCUT2D eigenvalue weighted by Gasteiger charge is -2.00. The molecule has 0 aliphatic carbocycles. The highest BCUT2D eigenvalue weighted by atomic mass is 35.5. The summed E-state index contributed by atoms with van der Waals surface area (Å²) in [6.45, 7) is 1.47. The van der Waals surface area contributed by atoms with Crippen molar-refractivity contribution in [1.29, 1.82) is 0 Å². The monoisotopic (exact) mass is 283 g/mol. The Morgan fingerprint density at radius 3 is 2.32 bits per heavy atom. The first kappa shape index (κ1) is 13.0. The molecular weight excluding hydrogens is 276 g/mol. The molecule has 8 nitrogen and oxygen atoms in total. The lowest BCUT2D eigenvalue weighted by molar-refractivity contribution is -0.729. The Morgan fingerprint density at radius 2 is 1.89 bits per heavy atom. The van der Waals surface area contributed by atoms with E-state index in [0.29, 0.717) is 5.69 Å². The molecule has 1 heterocycles. The summed E-state index contributed by atoms with van der Waals surface area (Å²) in [5.41, 5.74) is 0.384. The van der Waals surface area contributed by atoms with Crippen molar-refractivity contribution in [3.8, 4) is 5.69 Å². The third kappa shape index (κ3) is 2.25. The maximum Gasteiger partial charge on any atom is 0.329 e. The van der Waals surface area contributed by atoms with Gasteiger partial charge in [-0.1, -0.05) is 11.6 Å². The molecule has 0 aliphatic heterocycles. The van der Waals surface area contributed by atoms with E-state index in [1.54, 1.807) is 0 Å². The van der Waals surface area contributed by atoms with Crippen molar-refractivity contribution >= 4 is 23.0 Å². The molecule has 1 N–H and O–H groups in total. The smallest absolute Gasteiger partial charge is 0.258 e. The van der Waals surface area contributed by atoms with Gasteiger partial charge >= 0.3 is 11.4 Å². The number of aromatic nitrogens is 2. The molecule has 1 aromatic carbocycles. The van der Waals surface area contributed by atoms with Crippen molar-refractivity contribution in [1.82, 2.24) is 9.78 Å². The van der Waals surface area contributed by atoms with Crippen LogP contribution in [-0.2, 0) is 0 Å². The highest BCUT2D eigenvalue weighted by Gasteiger charge is 2.24. The van der Waals surface area contributed by atoms with E-state index in [4.69, 9.17) is 16.8 Å². The standard InChI is InChI=1S/C10H8ClN4O4/c1-6-9(15(18)19)10(11)13(12-6)7-2-4-8(5-3-7)14(16)17/h2-5H,1H3,(H,16,17)/q+1. The Balaban J connectivity index is 2.51. The van der Waals surface area contributed by atoms with Crippen molar-refractivity contribution < 1.29 is 15.1 Å². The molecule has 0 bridgehead atoms. The Bertz CT molecular complexity index is 665. The highest BCUT2D eigenvalue weighted by Crippen LogP contribution is 2.30.